The molecule has 1 heterocycles. The third kappa shape index (κ3) is 0.886. The number of aromatic nitrogens is 4. The zero-order chi connectivity index (χ0) is 7.56. The Balaban J connectivity index is 2.96. The van der Waals surface area contributed by atoms with Gasteiger partial charge in [-0.1, -0.05) is 5.10 Å². The van der Waals surface area contributed by atoms with Gasteiger partial charge in [0.15, 0.2) is 6.19 Å². The van der Waals surface area contributed by atoms with Crippen LogP contribution in [-0.4, -0.2) is 27.3 Å². The summed E-state index contributed by atoms with van der Waals surface area (Å²) in [6.07, 6.45) is 1.88. The number of nitrogens with zero attached hydrogens (tertiary/aromatic N) is 6. The molecule has 1 aromatic rings. The molecule has 0 radical (unpaired) electrons. The topological polar surface area (TPSA) is 70.6 Å². The monoisotopic (exact) mass is 138 g/mol. The molecule has 6 heteroatoms. The highest BCUT2D eigenvalue weighted by atomic mass is 15.6. The van der Waals surface area contributed by atoms with E-state index in [9.17, 15) is 0 Å². The summed E-state index contributed by atoms with van der Waals surface area (Å²) >= 11 is 0. The first-order valence-electron chi connectivity index (χ1n) is 2.61. The Morgan fingerprint density at radius 3 is 2.80 bits per heavy atom. The SMILES string of the molecule is CN(C#N)c1nnnn1C. The maximum Gasteiger partial charge on any atom is 0.258 e. The van der Waals surface area contributed by atoms with Gasteiger partial charge in [-0.05, 0) is 10.4 Å². The van der Waals surface area contributed by atoms with Crippen LogP contribution in [0.4, 0.5) is 5.95 Å². The molecule has 0 N–H and O–H groups in total. The third-order valence-corrected chi connectivity index (χ3v) is 1.05. The predicted octanol–water partition coefficient (Wildman–Crippen LogP) is -0.873. The fourth-order valence-electron chi connectivity index (χ4n) is 0.554. The number of anilines is 1. The molecule has 0 aliphatic carbocycles. The third-order valence-electron chi connectivity index (χ3n) is 1.05. The molecule has 0 aliphatic heterocycles. The second-order valence-corrected chi connectivity index (χ2v) is 1.76. The first kappa shape index (κ1) is 6.48. The van der Waals surface area contributed by atoms with Crippen LogP contribution < -0.4 is 4.90 Å². The lowest BCUT2D eigenvalue weighted by Crippen LogP contribution is -2.13. The van der Waals surface area contributed by atoms with Crippen molar-refractivity contribution in [2.75, 3.05) is 11.9 Å². The van der Waals surface area contributed by atoms with E-state index in [0.29, 0.717) is 5.95 Å². The van der Waals surface area contributed by atoms with Crippen molar-refractivity contribution in [1.29, 1.82) is 5.26 Å². The summed E-state index contributed by atoms with van der Waals surface area (Å²) in [4.78, 5) is 1.28. The zero-order valence-corrected chi connectivity index (χ0v) is 5.68. The Bertz CT molecular complexity index is 257. The largest absolute Gasteiger partial charge is 0.258 e. The molecule has 6 nitrogen and oxygen atoms in total. The van der Waals surface area contributed by atoms with E-state index in [1.807, 2.05) is 6.19 Å². The van der Waals surface area contributed by atoms with Crippen LogP contribution in [0.25, 0.3) is 0 Å². The Labute approximate surface area is 57.7 Å². The maximum absolute atomic E-state index is 8.40. The van der Waals surface area contributed by atoms with Crippen LogP contribution in [0.1, 0.15) is 0 Å². The molecule has 0 saturated carbocycles. The van der Waals surface area contributed by atoms with Crippen LogP contribution in [0.15, 0.2) is 0 Å². The van der Waals surface area contributed by atoms with Gasteiger partial charge in [-0.15, -0.1) is 0 Å². The molecular formula is C4H6N6. The quantitative estimate of drug-likeness (QED) is 0.372. The highest BCUT2D eigenvalue weighted by molar-refractivity contribution is 5.32. The molecule has 1 aromatic heterocycles. The van der Waals surface area contributed by atoms with Gasteiger partial charge >= 0.3 is 0 Å². The van der Waals surface area contributed by atoms with Crippen LogP contribution >= 0.6 is 0 Å². The van der Waals surface area contributed by atoms with Crippen LogP contribution in [-0.2, 0) is 7.05 Å². The second-order valence-electron chi connectivity index (χ2n) is 1.76. The van der Waals surface area contributed by atoms with Crippen molar-refractivity contribution in [2.24, 2.45) is 7.05 Å². The maximum atomic E-state index is 8.40. The molecule has 10 heavy (non-hydrogen) atoms. The Morgan fingerprint density at radius 2 is 2.40 bits per heavy atom. The van der Waals surface area contributed by atoms with Gasteiger partial charge in [-0.3, -0.25) is 0 Å². The van der Waals surface area contributed by atoms with Crippen LogP contribution in [0.5, 0.6) is 0 Å². The molecule has 0 fully saturated rings. The highest BCUT2D eigenvalue weighted by Crippen LogP contribution is 2.00. The average Bonchev–Trinajstić information content (AvgIpc) is 2.34. The van der Waals surface area contributed by atoms with E-state index in [-0.39, 0.29) is 0 Å². The van der Waals surface area contributed by atoms with Crippen molar-refractivity contribution >= 4 is 5.95 Å². The first-order valence-corrected chi connectivity index (χ1v) is 2.61. The van der Waals surface area contributed by atoms with Crippen molar-refractivity contribution in [1.82, 2.24) is 20.2 Å². The van der Waals surface area contributed by atoms with Crippen molar-refractivity contribution in [2.45, 2.75) is 0 Å². The van der Waals surface area contributed by atoms with Gasteiger partial charge in [0.1, 0.15) is 0 Å². The summed E-state index contributed by atoms with van der Waals surface area (Å²) < 4.78 is 1.42. The summed E-state index contributed by atoms with van der Waals surface area (Å²) in [6, 6.07) is 0. The van der Waals surface area contributed by atoms with Crippen molar-refractivity contribution in [3.63, 3.8) is 0 Å². The molecule has 0 aliphatic rings. The Hall–Kier alpha value is -1.64. The summed E-state index contributed by atoms with van der Waals surface area (Å²) in [5, 5.41) is 18.9. The number of tetrazole rings is 1. The van der Waals surface area contributed by atoms with E-state index in [1.54, 1.807) is 14.1 Å². The van der Waals surface area contributed by atoms with Gasteiger partial charge < -0.3 is 0 Å². The lowest BCUT2D eigenvalue weighted by atomic mass is 10.8. The standard InChI is InChI=1S/C4H6N6/c1-9(3-5)4-6-7-8-10(4)2/h1-2H3. The van der Waals surface area contributed by atoms with Gasteiger partial charge in [0.2, 0.25) is 0 Å². The summed E-state index contributed by atoms with van der Waals surface area (Å²) in [5.41, 5.74) is 0. The van der Waals surface area contributed by atoms with E-state index in [0.717, 1.165) is 0 Å². The fraction of sp³-hybridized carbons (Fsp3) is 0.500. The van der Waals surface area contributed by atoms with Crippen LogP contribution in [0, 0.1) is 11.5 Å². The lowest BCUT2D eigenvalue weighted by molar-refractivity contribution is 0.708. The molecule has 0 unspecified atom stereocenters. The zero-order valence-electron chi connectivity index (χ0n) is 5.68. The van der Waals surface area contributed by atoms with Crippen molar-refractivity contribution in [3.8, 4) is 6.19 Å². The van der Waals surface area contributed by atoms with Gasteiger partial charge in [-0.2, -0.15) is 5.26 Å². The number of aryl methyl sites for hydroxylation is 1. The molecule has 0 atom stereocenters. The second kappa shape index (κ2) is 2.31. The number of rotatable bonds is 1. The number of nitriles is 1. The van der Waals surface area contributed by atoms with E-state index >= 15 is 0 Å². The summed E-state index contributed by atoms with van der Waals surface area (Å²) in [5.74, 6) is 0.433. The molecule has 0 spiro atoms. The van der Waals surface area contributed by atoms with E-state index in [2.05, 4.69) is 15.5 Å². The Kier molecular flexibility index (Phi) is 1.49. The van der Waals surface area contributed by atoms with Crippen LogP contribution in [0.2, 0.25) is 0 Å². The number of hydrogen-bond donors (Lipinski definition) is 0. The molecule has 0 saturated heterocycles. The van der Waals surface area contributed by atoms with Crippen LogP contribution in [0.3, 0.4) is 0 Å². The summed E-state index contributed by atoms with van der Waals surface area (Å²) in [7, 11) is 3.26. The molecular weight excluding hydrogens is 132 g/mol. The van der Waals surface area contributed by atoms with Gasteiger partial charge in [0.05, 0.1) is 0 Å². The minimum Gasteiger partial charge on any atom is -0.249 e. The molecule has 0 bridgehead atoms. The lowest BCUT2D eigenvalue weighted by Gasteiger charge is -2.02. The van der Waals surface area contributed by atoms with Crippen molar-refractivity contribution in [3.05, 3.63) is 0 Å². The fourth-order valence-corrected chi connectivity index (χ4v) is 0.554. The van der Waals surface area contributed by atoms with Crippen molar-refractivity contribution < 1.29 is 0 Å². The average molecular weight is 138 g/mol. The van der Waals surface area contributed by atoms with E-state index in [1.165, 1.54) is 9.58 Å². The minimum absolute atomic E-state index is 0.433. The number of hydrogen-bond acceptors (Lipinski definition) is 5. The van der Waals surface area contributed by atoms with Gasteiger partial charge in [0.25, 0.3) is 5.95 Å². The molecule has 52 valence electrons. The first-order chi connectivity index (χ1) is 4.75. The minimum atomic E-state index is 0.433. The van der Waals surface area contributed by atoms with Gasteiger partial charge in [0, 0.05) is 14.1 Å². The normalized spacial score (nSPS) is 8.90. The van der Waals surface area contributed by atoms with E-state index in [4.69, 9.17) is 5.26 Å². The Morgan fingerprint density at radius 1 is 1.70 bits per heavy atom. The molecule has 1 rings (SSSR count). The highest BCUT2D eigenvalue weighted by Gasteiger charge is 2.05. The molecule has 0 amide bonds. The predicted molar refractivity (Wildman–Crippen MR) is 32.8 cm³/mol. The molecule has 0 aromatic carbocycles. The van der Waals surface area contributed by atoms with E-state index < -0.39 is 0 Å². The summed E-state index contributed by atoms with van der Waals surface area (Å²) in [6.45, 7) is 0. The van der Waals surface area contributed by atoms with Gasteiger partial charge in [-0.25, -0.2) is 9.58 Å². The smallest absolute Gasteiger partial charge is 0.249 e.